The second-order valence-corrected chi connectivity index (χ2v) is 2.64. The van der Waals surface area contributed by atoms with Gasteiger partial charge in [-0.15, -0.1) is 0 Å². The molecule has 3 nitrogen and oxygen atoms in total. The van der Waals surface area contributed by atoms with E-state index in [1.165, 1.54) is 0 Å². The van der Waals surface area contributed by atoms with Crippen LogP contribution in [0.2, 0.25) is 0 Å². The summed E-state index contributed by atoms with van der Waals surface area (Å²) in [5.41, 5.74) is 2.15. The van der Waals surface area contributed by atoms with E-state index in [1.54, 1.807) is 5.01 Å². The maximum Gasteiger partial charge on any atom is 0.149 e. The molecule has 0 unspecified atom stereocenters. The van der Waals surface area contributed by atoms with Gasteiger partial charge < -0.3 is 0 Å². The minimum atomic E-state index is 0.827. The van der Waals surface area contributed by atoms with Gasteiger partial charge in [0.1, 0.15) is 5.82 Å². The van der Waals surface area contributed by atoms with E-state index < -0.39 is 0 Å². The molecule has 0 amide bonds. The van der Waals surface area contributed by atoms with Gasteiger partial charge in [0.25, 0.3) is 0 Å². The third-order valence-electron chi connectivity index (χ3n) is 1.81. The predicted molar refractivity (Wildman–Crippen MR) is 52.0 cm³/mol. The Morgan fingerprint density at radius 3 is 2.75 bits per heavy atom. The fourth-order valence-electron chi connectivity index (χ4n) is 0.964. The zero-order valence-corrected chi connectivity index (χ0v) is 7.70. The lowest BCUT2D eigenvalue weighted by Gasteiger charge is -2.20. The third kappa shape index (κ3) is 1.44. The Hall–Kier alpha value is -1.38. The van der Waals surface area contributed by atoms with Crippen molar-refractivity contribution >= 4 is 12.4 Å². The molecule has 0 spiro atoms. The fourth-order valence-corrected chi connectivity index (χ4v) is 0.964. The topological polar surface area (TPSA) is 28.0 Å². The predicted octanol–water partition coefficient (Wildman–Crippen LogP) is 2.14. The van der Waals surface area contributed by atoms with Crippen molar-refractivity contribution in [3.05, 3.63) is 23.7 Å². The highest BCUT2D eigenvalue weighted by Gasteiger charge is 2.10. The van der Waals surface area contributed by atoms with Gasteiger partial charge in [-0.3, -0.25) is 0 Å². The van der Waals surface area contributed by atoms with E-state index in [0.29, 0.717) is 0 Å². The van der Waals surface area contributed by atoms with E-state index in [9.17, 15) is 0 Å². The summed E-state index contributed by atoms with van der Waals surface area (Å²) in [7, 11) is 0. The quantitative estimate of drug-likeness (QED) is 0.544. The first-order valence-electron chi connectivity index (χ1n) is 3.85. The first kappa shape index (κ1) is 8.71. The Morgan fingerprint density at radius 2 is 2.25 bits per heavy atom. The lowest BCUT2D eigenvalue weighted by molar-refractivity contribution is 0.488. The van der Waals surface area contributed by atoms with Crippen LogP contribution in [0.15, 0.2) is 33.8 Å². The van der Waals surface area contributed by atoms with Crippen LogP contribution in [0.25, 0.3) is 0 Å². The molecule has 1 heterocycles. The van der Waals surface area contributed by atoms with Gasteiger partial charge in [-0.05, 0) is 32.4 Å². The monoisotopic (exact) mass is 163 g/mol. The highest BCUT2D eigenvalue weighted by Crippen LogP contribution is 2.16. The van der Waals surface area contributed by atoms with Crippen molar-refractivity contribution in [2.75, 3.05) is 0 Å². The summed E-state index contributed by atoms with van der Waals surface area (Å²) in [6, 6.07) is 0. The normalized spacial score (nSPS) is 20.6. The summed E-state index contributed by atoms with van der Waals surface area (Å²) in [4.78, 5) is 4.34. The molecule has 0 bridgehead atoms. The van der Waals surface area contributed by atoms with Crippen LogP contribution in [0, 0.1) is 0 Å². The maximum atomic E-state index is 4.34. The van der Waals surface area contributed by atoms with Crippen molar-refractivity contribution in [1.82, 2.24) is 5.01 Å². The Morgan fingerprint density at radius 1 is 1.58 bits per heavy atom. The van der Waals surface area contributed by atoms with Crippen LogP contribution in [0.3, 0.4) is 0 Å². The van der Waals surface area contributed by atoms with Crippen LogP contribution in [-0.2, 0) is 0 Å². The molecule has 12 heavy (non-hydrogen) atoms. The van der Waals surface area contributed by atoms with Crippen LogP contribution in [0.4, 0.5) is 0 Å². The van der Waals surface area contributed by atoms with Gasteiger partial charge in [-0.25, -0.2) is 10.0 Å². The highest BCUT2D eigenvalue weighted by atomic mass is 15.5. The second-order valence-electron chi connectivity index (χ2n) is 2.64. The van der Waals surface area contributed by atoms with Crippen molar-refractivity contribution in [3.63, 3.8) is 0 Å². The summed E-state index contributed by atoms with van der Waals surface area (Å²) in [5, 5.41) is 5.49. The molecule has 1 aliphatic rings. The van der Waals surface area contributed by atoms with Gasteiger partial charge in [0.05, 0.1) is 0 Å². The summed E-state index contributed by atoms with van der Waals surface area (Å²) < 4.78 is 0. The second kappa shape index (κ2) is 3.34. The molecule has 0 aromatic heterocycles. The lowest BCUT2D eigenvalue weighted by atomic mass is 10.2. The molecule has 0 aliphatic carbocycles. The molecule has 1 aliphatic heterocycles. The van der Waals surface area contributed by atoms with Gasteiger partial charge in [0, 0.05) is 18.6 Å². The van der Waals surface area contributed by atoms with Crippen molar-refractivity contribution in [3.8, 4) is 0 Å². The van der Waals surface area contributed by atoms with E-state index >= 15 is 0 Å². The van der Waals surface area contributed by atoms with Crippen molar-refractivity contribution < 1.29 is 0 Å². The molecule has 64 valence electrons. The number of hydrazone groups is 1. The minimum Gasteiger partial charge on any atom is -0.234 e. The van der Waals surface area contributed by atoms with Gasteiger partial charge in [-0.2, -0.15) is 5.10 Å². The van der Waals surface area contributed by atoms with Crippen LogP contribution < -0.4 is 0 Å². The molecular formula is C9H13N3. The average molecular weight is 163 g/mol. The molecule has 0 saturated heterocycles. The summed E-state index contributed by atoms with van der Waals surface area (Å²) >= 11 is 0. The highest BCUT2D eigenvalue weighted by molar-refractivity contribution is 5.98. The molecule has 0 aromatic carbocycles. The van der Waals surface area contributed by atoms with E-state index in [-0.39, 0.29) is 0 Å². The van der Waals surface area contributed by atoms with E-state index in [0.717, 1.165) is 17.1 Å². The number of rotatable bonds is 1. The number of hydrogen-bond acceptors (Lipinski definition) is 3. The van der Waals surface area contributed by atoms with Crippen molar-refractivity contribution in [1.29, 1.82) is 0 Å². The molecule has 0 N–H and O–H groups in total. The molecule has 0 fully saturated rings. The Balaban J connectivity index is 3.04. The zero-order chi connectivity index (χ0) is 9.14. The third-order valence-corrected chi connectivity index (χ3v) is 1.81. The van der Waals surface area contributed by atoms with E-state index in [1.807, 2.05) is 33.0 Å². The van der Waals surface area contributed by atoms with Gasteiger partial charge in [0.2, 0.25) is 0 Å². The smallest absolute Gasteiger partial charge is 0.149 e. The van der Waals surface area contributed by atoms with Crippen LogP contribution in [0.1, 0.15) is 20.8 Å². The largest absolute Gasteiger partial charge is 0.234 e. The summed E-state index contributed by atoms with van der Waals surface area (Å²) in [6.07, 6.45) is 3.83. The zero-order valence-electron chi connectivity index (χ0n) is 7.70. The average Bonchev–Trinajstić information content (AvgIpc) is 2.09. The summed E-state index contributed by atoms with van der Waals surface area (Å²) in [6.45, 7) is 9.38. The maximum absolute atomic E-state index is 4.34. The molecular weight excluding hydrogens is 150 g/mol. The molecule has 1 rings (SSSR count). The van der Waals surface area contributed by atoms with E-state index in [4.69, 9.17) is 0 Å². The molecule has 0 radical (unpaired) electrons. The Kier molecular flexibility index (Phi) is 2.43. The molecule has 0 aromatic rings. The minimum absolute atomic E-state index is 0.827. The van der Waals surface area contributed by atoms with Crippen molar-refractivity contribution in [2.24, 2.45) is 10.1 Å². The van der Waals surface area contributed by atoms with Gasteiger partial charge in [-0.1, -0.05) is 0 Å². The van der Waals surface area contributed by atoms with Crippen LogP contribution in [0.5, 0.6) is 0 Å². The standard InChI is InChI=1S/C9H13N3/c1-5-9-11-8(3)7(2)6-12(9)10-4/h5-6H,4H2,1-3H3/b9-5-. The Bertz CT molecular complexity index is 284. The Labute approximate surface area is 72.8 Å². The molecule has 0 saturated carbocycles. The molecule has 0 atom stereocenters. The van der Waals surface area contributed by atoms with Gasteiger partial charge >= 0.3 is 0 Å². The number of allylic oxidation sites excluding steroid dienone is 2. The molecule has 3 heteroatoms. The summed E-state index contributed by atoms with van der Waals surface area (Å²) in [5.74, 6) is 0.827. The first-order valence-corrected chi connectivity index (χ1v) is 3.85. The number of hydrogen-bond donors (Lipinski definition) is 0. The van der Waals surface area contributed by atoms with E-state index in [2.05, 4.69) is 16.8 Å². The fraction of sp³-hybridized carbons (Fsp3) is 0.333. The number of aliphatic imine (C=N–C) groups is 1. The van der Waals surface area contributed by atoms with Crippen LogP contribution in [-0.4, -0.2) is 17.4 Å². The van der Waals surface area contributed by atoms with Gasteiger partial charge in [0.15, 0.2) is 0 Å². The first-order chi connectivity index (χ1) is 5.69. The van der Waals surface area contributed by atoms with Crippen LogP contribution >= 0.6 is 0 Å². The number of nitrogens with zero attached hydrogens (tertiary/aromatic N) is 3. The van der Waals surface area contributed by atoms with Crippen molar-refractivity contribution in [2.45, 2.75) is 20.8 Å². The lowest BCUT2D eigenvalue weighted by Crippen LogP contribution is -2.15. The SMILES string of the molecule is C=NN1C=C(C)C(C)=N/C1=C/C.